The highest BCUT2D eigenvalue weighted by Gasteiger charge is 2.17. The van der Waals surface area contributed by atoms with Gasteiger partial charge in [0.25, 0.3) is 0 Å². The third-order valence-corrected chi connectivity index (χ3v) is 3.24. The number of halogens is 1. The summed E-state index contributed by atoms with van der Waals surface area (Å²) in [6, 6.07) is 6.92. The van der Waals surface area contributed by atoms with Crippen LogP contribution in [0.2, 0.25) is 0 Å². The third kappa shape index (κ3) is 3.60. The van der Waals surface area contributed by atoms with Crippen molar-refractivity contribution in [1.82, 2.24) is 5.32 Å². The van der Waals surface area contributed by atoms with Crippen LogP contribution in [0.3, 0.4) is 0 Å². The Balaban J connectivity index is 2.78. The van der Waals surface area contributed by atoms with Crippen molar-refractivity contribution in [1.29, 1.82) is 0 Å². The van der Waals surface area contributed by atoms with Crippen molar-refractivity contribution in [2.75, 3.05) is 13.1 Å². The number of benzene rings is 1. The van der Waals surface area contributed by atoms with E-state index in [-0.39, 0.29) is 5.82 Å². The van der Waals surface area contributed by atoms with Crippen molar-refractivity contribution in [2.24, 2.45) is 5.92 Å². The Morgan fingerprint density at radius 1 is 1.19 bits per heavy atom. The zero-order valence-electron chi connectivity index (χ0n) is 10.5. The summed E-state index contributed by atoms with van der Waals surface area (Å²) in [6.07, 6.45) is 1.15. The molecule has 0 spiro atoms. The lowest BCUT2D eigenvalue weighted by atomic mass is 9.85. The maximum atomic E-state index is 12.9. The summed E-state index contributed by atoms with van der Waals surface area (Å²) >= 11 is 0. The van der Waals surface area contributed by atoms with Gasteiger partial charge in [-0.3, -0.25) is 0 Å². The van der Waals surface area contributed by atoms with Gasteiger partial charge < -0.3 is 5.32 Å². The van der Waals surface area contributed by atoms with Crippen LogP contribution in [0.4, 0.5) is 4.39 Å². The minimum absolute atomic E-state index is 0.157. The molecule has 0 saturated heterocycles. The van der Waals surface area contributed by atoms with Crippen LogP contribution in [0.25, 0.3) is 0 Å². The van der Waals surface area contributed by atoms with E-state index in [0.717, 1.165) is 19.5 Å². The molecule has 0 aromatic heterocycles. The highest BCUT2D eigenvalue weighted by Crippen LogP contribution is 2.26. The maximum Gasteiger partial charge on any atom is 0.123 e. The highest BCUT2D eigenvalue weighted by molar-refractivity contribution is 5.21. The summed E-state index contributed by atoms with van der Waals surface area (Å²) in [5.74, 6) is 0.935. The standard InChI is InChI=1S/C14H22FN/c1-4-11(3)14(10-16-5-2)12-6-8-13(15)9-7-12/h6-9,11,14,16H,4-5,10H2,1-3H3. The molecule has 1 nitrogen and oxygen atoms in total. The Hall–Kier alpha value is -0.890. The molecular weight excluding hydrogens is 201 g/mol. The van der Waals surface area contributed by atoms with Crippen molar-refractivity contribution in [3.05, 3.63) is 35.6 Å². The van der Waals surface area contributed by atoms with Gasteiger partial charge in [-0.05, 0) is 36.1 Å². The second kappa shape index (κ2) is 6.64. The van der Waals surface area contributed by atoms with E-state index in [1.54, 1.807) is 12.1 Å². The molecule has 16 heavy (non-hydrogen) atoms. The first kappa shape index (κ1) is 13.2. The quantitative estimate of drug-likeness (QED) is 0.777. The number of hydrogen-bond acceptors (Lipinski definition) is 1. The minimum atomic E-state index is -0.157. The van der Waals surface area contributed by atoms with E-state index >= 15 is 0 Å². The average Bonchev–Trinajstić information content (AvgIpc) is 2.31. The molecule has 1 N–H and O–H groups in total. The summed E-state index contributed by atoms with van der Waals surface area (Å²) in [4.78, 5) is 0. The zero-order valence-corrected chi connectivity index (χ0v) is 10.5. The maximum absolute atomic E-state index is 12.9. The lowest BCUT2D eigenvalue weighted by Gasteiger charge is -2.23. The molecule has 2 atom stereocenters. The fraction of sp³-hybridized carbons (Fsp3) is 0.571. The van der Waals surface area contributed by atoms with Gasteiger partial charge in [-0.2, -0.15) is 0 Å². The lowest BCUT2D eigenvalue weighted by Crippen LogP contribution is -2.25. The summed E-state index contributed by atoms with van der Waals surface area (Å²) in [5, 5.41) is 3.38. The molecule has 0 fully saturated rings. The van der Waals surface area contributed by atoms with E-state index in [0.29, 0.717) is 11.8 Å². The molecule has 0 bridgehead atoms. The second-order valence-electron chi connectivity index (χ2n) is 4.35. The van der Waals surface area contributed by atoms with Crippen LogP contribution < -0.4 is 5.32 Å². The van der Waals surface area contributed by atoms with E-state index in [9.17, 15) is 4.39 Å². The predicted molar refractivity (Wildman–Crippen MR) is 67.1 cm³/mol. The molecule has 0 aliphatic carbocycles. The summed E-state index contributed by atoms with van der Waals surface area (Å²) < 4.78 is 12.9. The predicted octanol–water partition coefficient (Wildman–Crippen LogP) is 3.56. The van der Waals surface area contributed by atoms with Crippen LogP contribution in [0.15, 0.2) is 24.3 Å². The van der Waals surface area contributed by atoms with Gasteiger partial charge in [0.15, 0.2) is 0 Å². The van der Waals surface area contributed by atoms with Crippen molar-refractivity contribution < 1.29 is 4.39 Å². The number of likely N-dealkylation sites (N-methyl/N-ethyl adjacent to an activating group) is 1. The molecule has 2 unspecified atom stereocenters. The first-order valence-corrected chi connectivity index (χ1v) is 6.15. The van der Waals surface area contributed by atoms with Gasteiger partial charge in [0.1, 0.15) is 5.82 Å². The Kier molecular flexibility index (Phi) is 5.47. The smallest absolute Gasteiger partial charge is 0.123 e. The van der Waals surface area contributed by atoms with Crippen LogP contribution in [-0.2, 0) is 0 Å². The first-order chi connectivity index (χ1) is 7.69. The highest BCUT2D eigenvalue weighted by atomic mass is 19.1. The van der Waals surface area contributed by atoms with E-state index in [1.165, 1.54) is 5.56 Å². The first-order valence-electron chi connectivity index (χ1n) is 6.15. The van der Waals surface area contributed by atoms with Gasteiger partial charge in [0.05, 0.1) is 0 Å². The van der Waals surface area contributed by atoms with Crippen LogP contribution in [0, 0.1) is 11.7 Å². The molecule has 1 rings (SSSR count). The summed E-state index contributed by atoms with van der Waals surface area (Å²) in [7, 11) is 0. The van der Waals surface area contributed by atoms with Gasteiger partial charge in [0, 0.05) is 6.54 Å². The normalized spacial score (nSPS) is 14.8. The second-order valence-corrected chi connectivity index (χ2v) is 4.35. The summed E-state index contributed by atoms with van der Waals surface area (Å²) in [5.41, 5.74) is 1.23. The fourth-order valence-electron chi connectivity index (χ4n) is 1.94. The molecule has 0 radical (unpaired) electrons. The monoisotopic (exact) mass is 223 g/mol. The zero-order chi connectivity index (χ0) is 12.0. The topological polar surface area (TPSA) is 12.0 Å². The Morgan fingerprint density at radius 3 is 2.31 bits per heavy atom. The SMILES string of the molecule is CCNCC(c1ccc(F)cc1)C(C)CC. The molecule has 2 heteroatoms. The van der Waals surface area contributed by atoms with Crippen LogP contribution in [-0.4, -0.2) is 13.1 Å². The Labute approximate surface area is 98.1 Å². The molecule has 90 valence electrons. The van der Waals surface area contributed by atoms with Crippen molar-refractivity contribution in [3.63, 3.8) is 0 Å². The van der Waals surface area contributed by atoms with Crippen molar-refractivity contribution in [3.8, 4) is 0 Å². The lowest BCUT2D eigenvalue weighted by molar-refractivity contribution is 0.424. The molecule has 0 heterocycles. The Bertz CT molecular complexity index is 294. The van der Waals surface area contributed by atoms with Crippen LogP contribution >= 0.6 is 0 Å². The van der Waals surface area contributed by atoms with E-state index < -0.39 is 0 Å². The molecule has 1 aromatic rings. The fourth-order valence-corrected chi connectivity index (χ4v) is 1.94. The van der Waals surface area contributed by atoms with Gasteiger partial charge >= 0.3 is 0 Å². The van der Waals surface area contributed by atoms with E-state index in [2.05, 4.69) is 26.1 Å². The largest absolute Gasteiger partial charge is 0.316 e. The number of hydrogen-bond donors (Lipinski definition) is 1. The van der Waals surface area contributed by atoms with Crippen LogP contribution in [0.1, 0.15) is 38.7 Å². The van der Waals surface area contributed by atoms with Gasteiger partial charge in [0.2, 0.25) is 0 Å². The molecule has 0 saturated carbocycles. The molecular formula is C14H22FN. The van der Waals surface area contributed by atoms with Gasteiger partial charge in [-0.15, -0.1) is 0 Å². The molecule has 0 amide bonds. The van der Waals surface area contributed by atoms with E-state index in [4.69, 9.17) is 0 Å². The average molecular weight is 223 g/mol. The van der Waals surface area contributed by atoms with Crippen LogP contribution in [0.5, 0.6) is 0 Å². The van der Waals surface area contributed by atoms with Gasteiger partial charge in [-0.25, -0.2) is 4.39 Å². The van der Waals surface area contributed by atoms with Crippen molar-refractivity contribution in [2.45, 2.75) is 33.1 Å². The molecule has 1 aromatic carbocycles. The molecule has 0 aliphatic rings. The number of rotatable bonds is 6. The third-order valence-electron chi connectivity index (χ3n) is 3.24. The minimum Gasteiger partial charge on any atom is -0.316 e. The Morgan fingerprint density at radius 2 is 1.81 bits per heavy atom. The number of nitrogens with one attached hydrogen (secondary N) is 1. The van der Waals surface area contributed by atoms with Crippen molar-refractivity contribution >= 4 is 0 Å². The van der Waals surface area contributed by atoms with E-state index in [1.807, 2.05) is 12.1 Å². The molecule has 0 aliphatic heterocycles. The van der Waals surface area contributed by atoms with Gasteiger partial charge in [-0.1, -0.05) is 39.3 Å². The summed E-state index contributed by atoms with van der Waals surface area (Å²) in [6.45, 7) is 8.52.